The highest BCUT2D eigenvalue weighted by atomic mass is 16.5. The summed E-state index contributed by atoms with van der Waals surface area (Å²) in [6.07, 6.45) is 3.11. The van der Waals surface area contributed by atoms with Gasteiger partial charge in [-0.2, -0.15) is 0 Å². The minimum atomic E-state index is 0.0449. The quantitative estimate of drug-likeness (QED) is 0.620. The molecule has 128 valence electrons. The lowest BCUT2D eigenvalue weighted by Crippen LogP contribution is -2.28. The predicted molar refractivity (Wildman–Crippen MR) is 86.2 cm³/mol. The predicted octanol–water partition coefficient (Wildman–Crippen LogP) is 2.10. The molecule has 3 N–H and O–H groups in total. The molecule has 2 heterocycles. The summed E-state index contributed by atoms with van der Waals surface area (Å²) >= 11 is 0. The highest BCUT2D eigenvalue weighted by molar-refractivity contribution is 5.23. The van der Waals surface area contributed by atoms with Crippen LogP contribution < -0.4 is 10.1 Å². The topological polar surface area (TPSA) is 96.2 Å². The van der Waals surface area contributed by atoms with Crippen LogP contribution in [0.15, 0.2) is 10.6 Å². The fourth-order valence-corrected chi connectivity index (χ4v) is 2.16. The van der Waals surface area contributed by atoms with Crippen LogP contribution >= 0.6 is 0 Å². The first-order valence-electron chi connectivity index (χ1n) is 8.09. The van der Waals surface area contributed by atoms with Crippen LogP contribution in [0.3, 0.4) is 0 Å². The Bertz CT molecular complexity index is 594. The Morgan fingerprint density at radius 1 is 1.48 bits per heavy atom. The van der Waals surface area contributed by atoms with Gasteiger partial charge in [0.1, 0.15) is 12.4 Å². The van der Waals surface area contributed by atoms with Gasteiger partial charge in [0.05, 0.1) is 23.6 Å². The number of nitrogens with one attached hydrogen (secondary N) is 2. The molecule has 2 rings (SSSR count). The zero-order chi connectivity index (χ0) is 16.7. The van der Waals surface area contributed by atoms with E-state index >= 15 is 0 Å². The molecular formula is C16H26N4O3. The Kier molecular flexibility index (Phi) is 6.61. The maximum Gasteiger partial charge on any atom is 0.233 e. The van der Waals surface area contributed by atoms with E-state index < -0.39 is 0 Å². The van der Waals surface area contributed by atoms with Crippen molar-refractivity contribution in [2.75, 3.05) is 6.61 Å². The molecule has 7 nitrogen and oxygen atoms in total. The maximum absolute atomic E-state index is 8.99. The Morgan fingerprint density at radius 2 is 2.30 bits per heavy atom. The molecule has 0 saturated carbocycles. The highest BCUT2D eigenvalue weighted by Gasteiger charge is 2.14. The molecule has 0 fully saturated rings. The number of aryl methyl sites for hydroxylation is 2. The van der Waals surface area contributed by atoms with Gasteiger partial charge in [0.15, 0.2) is 0 Å². The van der Waals surface area contributed by atoms with E-state index in [1.807, 2.05) is 19.9 Å². The maximum atomic E-state index is 8.99. The molecule has 0 bridgehead atoms. The van der Waals surface area contributed by atoms with E-state index in [1.54, 1.807) is 0 Å². The van der Waals surface area contributed by atoms with Crippen molar-refractivity contribution in [3.63, 3.8) is 0 Å². The summed E-state index contributed by atoms with van der Waals surface area (Å²) in [4.78, 5) is 0. The van der Waals surface area contributed by atoms with Gasteiger partial charge >= 0.3 is 0 Å². The zero-order valence-corrected chi connectivity index (χ0v) is 14.1. The van der Waals surface area contributed by atoms with Gasteiger partial charge in [-0.05, 0) is 26.7 Å². The van der Waals surface area contributed by atoms with Gasteiger partial charge in [-0.25, -0.2) is 0 Å². The molecule has 0 aliphatic carbocycles. The number of rotatable bonds is 10. The van der Waals surface area contributed by atoms with Gasteiger partial charge in [0.2, 0.25) is 5.88 Å². The van der Waals surface area contributed by atoms with Crippen molar-refractivity contribution < 1.29 is 14.4 Å². The molecule has 7 heteroatoms. The molecule has 0 saturated heterocycles. The first-order chi connectivity index (χ1) is 11.1. The Morgan fingerprint density at radius 3 is 3.04 bits per heavy atom. The third-order valence-electron chi connectivity index (χ3n) is 3.72. The van der Waals surface area contributed by atoms with Crippen LogP contribution in [0.2, 0.25) is 0 Å². The molecule has 0 aliphatic heterocycles. The van der Waals surface area contributed by atoms with Crippen molar-refractivity contribution in [3.8, 4) is 5.88 Å². The second kappa shape index (κ2) is 8.69. The summed E-state index contributed by atoms with van der Waals surface area (Å²) in [6.45, 7) is 7.08. The molecule has 2 aromatic rings. The first kappa shape index (κ1) is 17.5. The molecular weight excluding hydrogens is 296 g/mol. The van der Waals surface area contributed by atoms with E-state index in [-0.39, 0.29) is 12.6 Å². The molecule has 0 radical (unpaired) electrons. The third-order valence-corrected chi connectivity index (χ3v) is 3.72. The summed E-state index contributed by atoms with van der Waals surface area (Å²) in [7, 11) is 0. The minimum Gasteiger partial charge on any atom is -0.472 e. The van der Waals surface area contributed by atoms with Crippen molar-refractivity contribution >= 4 is 0 Å². The molecule has 23 heavy (non-hydrogen) atoms. The molecule has 1 atom stereocenters. The highest BCUT2D eigenvalue weighted by Crippen LogP contribution is 2.18. The smallest absolute Gasteiger partial charge is 0.233 e. The van der Waals surface area contributed by atoms with Crippen LogP contribution in [0.25, 0.3) is 0 Å². The Hall–Kier alpha value is -1.86. The number of unbranched alkanes of at least 4 members (excludes halogenated alkanes) is 1. The van der Waals surface area contributed by atoms with Gasteiger partial charge in [-0.3, -0.25) is 5.10 Å². The molecule has 0 amide bonds. The van der Waals surface area contributed by atoms with Crippen molar-refractivity contribution in [2.45, 2.75) is 59.2 Å². The number of ether oxygens (including phenoxy) is 1. The fraction of sp³-hybridized carbons (Fsp3) is 0.625. The van der Waals surface area contributed by atoms with Crippen molar-refractivity contribution in [1.82, 2.24) is 20.7 Å². The zero-order valence-electron chi connectivity index (χ0n) is 14.1. The minimum absolute atomic E-state index is 0.0449. The molecule has 1 unspecified atom stereocenters. The number of aliphatic hydroxyl groups is 1. The van der Waals surface area contributed by atoms with Crippen LogP contribution in [0.5, 0.6) is 5.88 Å². The standard InChI is InChI=1S/C16H26N4O3/c1-4-5-6-15-14(12(3)23-20-15)10-22-16-7-13(18-19-16)8-17-11(2)9-21/h7,11,17,21H,4-6,8-10H2,1-3H3,(H,18,19). The van der Waals surface area contributed by atoms with Crippen molar-refractivity contribution in [2.24, 2.45) is 0 Å². The fourth-order valence-electron chi connectivity index (χ4n) is 2.16. The van der Waals surface area contributed by atoms with E-state index in [0.717, 1.165) is 42.0 Å². The number of H-pyrrole nitrogens is 1. The van der Waals surface area contributed by atoms with Crippen molar-refractivity contribution in [1.29, 1.82) is 0 Å². The third kappa shape index (κ3) is 5.07. The Balaban J connectivity index is 1.89. The molecule has 2 aromatic heterocycles. The number of aliphatic hydroxyl groups excluding tert-OH is 1. The lowest BCUT2D eigenvalue weighted by molar-refractivity contribution is 0.250. The van der Waals surface area contributed by atoms with E-state index in [4.69, 9.17) is 14.4 Å². The van der Waals surface area contributed by atoms with E-state index in [9.17, 15) is 0 Å². The first-order valence-corrected chi connectivity index (χ1v) is 8.09. The summed E-state index contributed by atoms with van der Waals surface area (Å²) in [6, 6.07) is 1.90. The number of aromatic amines is 1. The lowest BCUT2D eigenvalue weighted by atomic mass is 10.1. The summed E-state index contributed by atoms with van der Waals surface area (Å²) < 4.78 is 11.0. The van der Waals surface area contributed by atoms with Crippen LogP contribution in [0.1, 0.15) is 49.4 Å². The number of aromatic nitrogens is 3. The monoisotopic (exact) mass is 322 g/mol. The molecule has 0 aromatic carbocycles. The summed E-state index contributed by atoms with van der Waals surface area (Å²) in [5, 5.41) is 23.3. The van der Waals surface area contributed by atoms with Crippen LogP contribution in [0, 0.1) is 6.92 Å². The number of hydrogen-bond donors (Lipinski definition) is 3. The normalized spacial score (nSPS) is 12.5. The Labute approximate surface area is 136 Å². The van der Waals surface area contributed by atoms with Crippen LogP contribution in [0.4, 0.5) is 0 Å². The van der Waals surface area contributed by atoms with Gasteiger partial charge < -0.3 is 19.7 Å². The largest absolute Gasteiger partial charge is 0.472 e. The van der Waals surface area contributed by atoms with E-state index in [2.05, 4.69) is 27.6 Å². The molecule has 0 aliphatic rings. The van der Waals surface area contributed by atoms with E-state index in [1.165, 1.54) is 0 Å². The summed E-state index contributed by atoms with van der Waals surface area (Å²) in [5.74, 6) is 1.34. The second-order valence-corrected chi connectivity index (χ2v) is 5.75. The van der Waals surface area contributed by atoms with Crippen LogP contribution in [-0.4, -0.2) is 33.1 Å². The second-order valence-electron chi connectivity index (χ2n) is 5.75. The van der Waals surface area contributed by atoms with Crippen LogP contribution in [-0.2, 0) is 19.6 Å². The van der Waals surface area contributed by atoms with Crippen molar-refractivity contribution in [3.05, 3.63) is 28.8 Å². The van der Waals surface area contributed by atoms with Gasteiger partial charge in [-0.15, -0.1) is 5.10 Å². The number of hydrogen-bond acceptors (Lipinski definition) is 6. The van der Waals surface area contributed by atoms with Gasteiger partial charge in [0.25, 0.3) is 0 Å². The van der Waals surface area contributed by atoms with E-state index in [0.29, 0.717) is 19.0 Å². The van der Waals surface area contributed by atoms with Gasteiger partial charge in [0, 0.05) is 18.7 Å². The lowest BCUT2D eigenvalue weighted by Gasteiger charge is -2.08. The summed E-state index contributed by atoms with van der Waals surface area (Å²) in [5.41, 5.74) is 2.89. The molecule has 0 spiro atoms. The average Bonchev–Trinajstić information content (AvgIpc) is 3.15. The average molecular weight is 322 g/mol. The SMILES string of the molecule is CCCCc1noc(C)c1COc1cc(CNC(C)CO)[nH]n1. The number of nitrogens with zero attached hydrogens (tertiary/aromatic N) is 2. The van der Waals surface area contributed by atoms with Gasteiger partial charge in [-0.1, -0.05) is 18.5 Å².